The van der Waals surface area contributed by atoms with E-state index in [9.17, 15) is 0 Å². The largest absolute Gasteiger partial charge is 0.488 e. The van der Waals surface area contributed by atoms with Crippen LogP contribution in [0.4, 0.5) is 0 Å². The molecule has 0 saturated heterocycles. The summed E-state index contributed by atoms with van der Waals surface area (Å²) in [4.78, 5) is 0. The third kappa shape index (κ3) is 8.59. The van der Waals surface area contributed by atoms with Gasteiger partial charge in [0.15, 0.2) is 0 Å². The van der Waals surface area contributed by atoms with Gasteiger partial charge in [-0.2, -0.15) is 10.5 Å². The van der Waals surface area contributed by atoms with E-state index in [1.807, 2.05) is 66.7 Å². The molecule has 0 spiro atoms. The maximum Gasteiger partial charge on any atom is 0.488 e. The van der Waals surface area contributed by atoms with Gasteiger partial charge in [-0.05, 0) is 53.0 Å². The van der Waals surface area contributed by atoms with Crippen molar-refractivity contribution in [3.63, 3.8) is 0 Å². The summed E-state index contributed by atoms with van der Waals surface area (Å²) in [6, 6.07) is 37.7. The van der Waals surface area contributed by atoms with Crippen LogP contribution in [-0.2, 0) is 0 Å². The van der Waals surface area contributed by atoms with Gasteiger partial charge in [-0.3, -0.25) is 0 Å². The molecule has 0 bridgehead atoms. The lowest BCUT2D eigenvalue weighted by Gasteiger charge is -1.99. The van der Waals surface area contributed by atoms with Crippen molar-refractivity contribution in [3.05, 3.63) is 125 Å². The van der Waals surface area contributed by atoms with Crippen molar-refractivity contribution in [1.29, 1.82) is 10.5 Å². The lowest BCUT2D eigenvalue weighted by atomic mass is 9.81. The number of hydrogen-bond donors (Lipinski definition) is 2. The second-order valence-electron chi connectivity index (χ2n) is 6.46. The molecule has 0 aliphatic heterocycles. The Hall–Kier alpha value is -3.68. The molecule has 0 aliphatic carbocycles. The van der Waals surface area contributed by atoms with Crippen molar-refractivity contribution < 1.29 is 10.0 Å². The van der Waals surface area contributed by atoms with Gasteiger partial charge in [0.25, 0.3) is 0 Å². The maximum absolute atomic E-state index is 8.65. The monoisotopic (exact) mass is 482 g/mol. The molecule has 32 heavy (non-hydrogen) atoms. The molecule has 0 fully saturated rings. The van der Waals surface area contributed by atoms with Crippen molar-refractivity contribution in [2.45, 2.75) is 0 Å². The Morgan fingerprint density at radius 3 is 1.38 bits per heavy atom. The minimum Gasteiger partial charge on any atom is -0.423 e. The molecule has 0 atom stereocenters. The molecule has 156 valence electrons. The van der Waals surface area contributed by atoms with Crippen LogP contribution in [0, 0.1) is 22.7 Å². The number of rotatable bonds is 2. The minimum atomic E-state index is -1.34. The van der Waals surface area contributed by atoms with E-state index in [4.69, 9.17) is 20.6 Å². The average molecular weight is 483 g/mol. The van der Waals surface area contributed by atoms with Gasteiger partial charge in [-0.25, -0.2) is 0 Å². The van der Waals surface area contributed by atoms with Crippen molar-refractivity contribution in [2.24, 2.45) is 0 Å². The van der Waals surface area contributed by atoms with E-state index in [1.54, 1.807) is 36.4 Å². The summed E-state index contributed by atoms with van der Waals surface area (Å²) >= 11 is 3.27. The summed E-state index contributed by atoms with van der Waals surface area (Å²) in [5.74, 6) is 0. The van der Waals surface area contributed by atoms with Gasteiger partial charge < -0.3 is 10.0 Å². The molecule has 0 aliphatic rings. The lowest BCUT2D eigenvalue weighted by Crippen LogP contribution is -2.29. The number of halogens is 1. The van der Waals surface area contributed by atoms with E-state index in [2.05, 4.69) is 34.1 Å². The average Bonchev–Trinajstić information content (AvgIpc) is 2.86. The van der Waals surface area contributed by atoms with Crippen molar-refractivity contribution in [3.8, 4) is 23.3 Å². The fraction of sp³-hybridized carbons (Fsp3) is 0. The topological polar surface area (TPSA) is 88.0 Å². The van der Waals surface area contributed by atoms with E-state index >= 15 is 0 Å². The first kappa shape index (κ1) is 24.6. The third-order valence-electron chi connectivity index (χ3n) is 4.19. The molecule has 4 aromatic carbocycles. The summed E-state index contributed by atoms with van der Waals surface area (Å²) in [6.45, 7) is 0. The molecule has 0 amide bonds. The Morgan fingerprint density at radius 1 is 0.562 bits per heavy atom. The molecule has 0 aromatic heterocycles. The van der Waals surface area contributed by atoms with Gasteiger partial charge in [0, 0.05) is 4.47 Å². The molecule has 4 nitrogen and oxygen atoms in total. The normalized spacial score (nSPS) is 9.03. The van der Waals surface area contributed by atoms with Crippen LogP contribution in [0.2, 0.25) is 0 Å². The molecule has 4 rings (SSSR count). The summed E-state index contributed by atoms with van der Waals surface area (Å²) in [5, 5.41) is 34.2. The SMILES string of the molecule is N#Cc1ccc(-c2ccccc2)cc1.N#Cc1ccc(Br)cc1.OB(O)c1ccccc1. The third-order valence-corrected chi connectivity index (χ3v) is 4.72. The van der Waals surface area contributed by atoms with Gasteiger partial charge in [0.1, 0.15) is 0 Å². The summed E-state index contributed by atoms with van der Waals surface area (Å²) in [6.07, 6.45) is 0. The quantitative estimate of drug-likeness (QED) is 0.397. The van der Waals surface area contributed by atoms with E-state index in [1.165, 1.54) is 5.56 Å². The highest BCUT2D eigenvalue weighted by Crippen LogP contribution is 2.18. The molecule has 0 radical (unpaired) electrons. The Balaban J connectivity index is 0.000000178. The first-order valence-corrected chi connectivity index (χ1v) is 10.4. The van der Waals surface area contributed by atoms with E-state index < -0.39 is 7.12 Å². The highest BCUT2D eigenvalue weighted by molar-refractivity contribution is 9.10. The van der Waals surface area contributed by atoms with Crippen molar-refractivity contribution >= 4 is 28.5 Å². The fourth-order valence-corrected chi connectivity index (χ4v) is 2.78. The van der Waals surface area contributed by atoms with Gasteiger partial charge in [-0.1, -0.05) is 88.7 Å². The fourth-order valence-electron chi connectivity index (χ4n) is 2.52. The molecule has 4 aromatic rings. The van der Waals surface area contributed by atoms with Crippen LogP contribution in [-0.4, -0.2) is 17.2 Å². The zero-order valence-electron chi connectivity index (χ0n) is 17.1. The van der Waals surface area contributed by atoms with Crippen LogP contribution in [0.25, 0.3) is 11.1 Å². The van der Waals surface area contributed by atoms with Crippen LogP contribution in [0.15, 0.2) is 114 Å². The zero-order valence-corrected chi connectivity index (χ0v) is 18.7. The number of benzene rings is 4. The van der Waals surface area contributed by atoms with Crippen molar-refractivity contribution in [1.82, 2.24) is 0 Å². The Morgan fingerprint density at radius 2 is 0.969 bits per heavy atom. The van der Waals surface area contributed by atoms with E-state index in [0.717, 1.165) is 10.0 Å². The Bertz CT molecular complexity index is 1150. The maximum atomic E-state index is 8.65. The van der Waals surface area contributed by atoms with Crippen LogP contribution in [0.3, 0.4) is 0 Å². The van der Waals surface area contributed by atoms with Gasteiger partial charge in [0.05, 0.1) is 23.3 Å². The molecule has 0 unspecified atom stereocenters. The second-order valence-corrected chi connectivity index (χ2v) is 7.37. The number of nitrogens with zero attached hydrogens (tertiary/aromatic N) is 2. The zero-order chi connectivity index (χ0) is 23.2. The summed E-state index contributed by atoms with van der Waals surface area (Å²) in [5.41, 5.74) is 4.24. The molecule has 6 heteroatoms. The van der Waals surface area contributed by atoms with Crippen LogP contribution in [0.1, 0.15) is 11.1 Å². The van der Waals surface area contributed by atoms with Crippen molar-refractivity contribution in [2.75, 3.05) is 0 Å². The lowest BCUT2D eigenvalue weighted by molar-refractivity contribution is 0.426. The highest BCUT2D eigenvalue weighted by atomic mass is 79.9. The van der Waals surface area contributed by atoms with Gasteiger partial charge in [0.2, 0.25) is 0 Å². The van der Waals surface area contributed by atoms with Gasteiger partial charge >= 0.3 is 7.12 Å². The summed E-state index contributed by atoms with van der Waals surface area (Å²) in [7, 11) is -1.34. The van der Waals surface area contributed by atoms with Crippen LogP contribution < -0.4 is 5.46 Å². The number of hydrogen-bond acceptors (Lipinski definition) is 4. The number of nitriles is 2. The predicted molar refractivity (Wildman–Crippen MR) is 132 cm³/mol. The summed E-state index contributed by atoms with van der Waals surface area (Å²) < 4.78 is 1.00. The molecule has 0 heterocycles. The second kappa shape index (κ2) is 13.6. The van der Waals surface area contributed by atoms with Crippen LogP contribution in [0.5, 0.6) is 0 Å². The highest BCUT2D eigenvalue weighted by Gasteiger charge is 2.07. The molecular weight excluding hydrogens is 463 g/mol. The molecular formula is C26H20BBrN2O2. The van der Waals surface area contributed by atoms with Gasteiger partial charge in [-0.15, -0.1) is 0 Å². The minimum absolute atomic E-state index is 0.525. The predicted octanol–water partition coefficient (Wildman–Crippen LogP) is 4.91. The molecule has 2 N–H and O–H groups in total. The van der Waals surface area contributed by atoms with E-state index in [-0.39, 0.29) is 0 Å². The Labute approximate surface area is 196 Å². The Kier molecular flexibility index (Phi) is 10.4. The first-order valence-electron chi connectivity index (χ1n) is 9.66. The van der Waals surface area contributed by atoms with Crippen LogP contribution >= 0.6 is 15.9 Å². The smallest absolute Gasteiger partial charge is 0.423 e. The molecule has 0 saturated carbocycles. The van der Waals surface area contributed by atoms with E-state index in [0.29, 0.717) is 16.6 Å². The standard InChI is InChI=1S/C13H9N.C7H4BrN.C6H7BO2/c14-10-11-6-8-13(9-7-11)12-4-2-1-3-5-12;8-7-3-1-6(5-9)2-4-7;8-7(9)6-4-2-1-3-5-6/h1-9H;1-4H;1-5,8-9H. The first-order chi connectivity index (χ1) is 15.5.